The lowest BCUT2D eigenvalue weighted by Crippen LogP contribution is -2.49. The Hall–Kier alpha value is -1.03. The van der Waals surface area contributed by atoms with Crippen LogP contribution >= 0.6 is 0 Å². The summed E-state index contributed by atoms with van der Waals surface area (Å²) in [6.07, 6.45) is 0. The molecule has 1 atom stereocenters. The van der Waals surface area contributed by atoms with Crippen LogP contribution < -0.4 is 5.73 Å². The number of rotatable bonds is 3. The summed E-state index contributed by atoms with van der Waals surface area (Å²) in [5.74, 6) is -1.15. The Morgan fingerprint density at radius 2 is 2.10 bits per heavy atom. The highest BCUT2D eigenvalue weighted by Gasteiger charge is 2.37. The van der Waals surface area contributed by atoms with Crippen LogP contribution in [0.1, 0.15) is 12.5 Å². The van der Waals surface area contributed by atoms with E-state index in [1.54, 1.807) is 0 Å². The van der Waals surface area contributed by atoms with Gasteiger partial charge in [0, 0.05) is 19.1 Å². The van der Waals surface area contributed by atoms with Crippen molar-refractivity contribution in [3.05, 3.63) is 29.6 Å². The molecule has 0 bridgehead atoms. The number of nitrogens with two attached hydrogens (primary N) is 1. The molecule has 1 fully saturated rings. The molecule has 0 amide bonds. The van der Waals surface area contributed by atoms with Gasteiger partial charge in [-0.1, -0.05) is 6.07 Å². The SMILES string of the molecule is CC1CS(=O)(=O)CCN1S(=O)(=O)c1cc(F)ccc1CN. The number of halogens is 1. The molecule has 0 saturated carbocycles. The van der Waals surface area contributed by atoms with Gasteiger partial charge in [-0.2, -0.15) is 4.31 Å². The Bertz CT molecular complexity index is 747. The standard InChI is InChI=1S/C12H17FN2O4S2/c1-9-8-20(16,17)5-4-15(9)21(18,19)12-6-11(13)3-2-10(12)7-14/h2-3,6,9H,4-5,7-8,14H2,1H3. The van der Waals surface area contributed by atoms with E-state index < -0.39 is 31.7 Å². The maximum Gasteiger partial charge on any atom is 0.243 e. The lowest BCUT2D eigenvalue weighted by Gasteiger charge is -2.32. The van der Waals surface area contributed by atoms with Crippen LogP contribution in [-0.2, 0) is 26.4 Å². The molecule has 118 valence electrons. The molecular formula is C12H17FN2O4S2. The van der Waals surface area contributed by atoms with Gasteiger partial charge >= 0.3 is 0 Å². The number of sulfonamides is 1. The first kappa shape index (κ1) is 16.3. The van der Waals surface area contributed by atoms with Gasteiger partial charge in [0.25, 0.3) is 0 Å². The number of hydrogen-bond donors (Lipinski definition) is 1. The van der Waals surface area contributed by atoms with E-state index in [1.807, 2.05) is 0 Å². The zero-order valence-corrected chi connectivity index (χ0v) is 13.1. The molecule has 0 aromatic heterocycles. The highest BCUT2D eigenvalue weighted by Crippen LogP contribution is 2.25. The molecule has 1 saturated heterocycles. The lowest BCUT2D eigenvalue weighted by molar-refractivity contribution is 0.356. The minimum atomic E-state index is -3.98. The van der Waals surface area contributed by atoms with Crippen LogP contribution in [0.4, 0.5) is 4.39 Å². The largest absolute Gasteiger partial charge is 0.326 e. The van der Waals surface area contributed by atoms with Gasteiger partial charge in [0.1, 0.15) is 5.82 Å². The number of hydrogen-bond acceptors (Lipinski definition) is 5. The van der Waals surface area contributed by atoms with E-state index in [9.17, 15) is 21.2 Å². The number of nitrogens with zero attached hydrogens (tertiary/aromatic N) is 1. The summed E-state index contributed by atoms with van der Waals surface area (Å²) < 4.78 is 62.9. The molecule has 9 heteroatoms. The Morgan fingerprint density at radius 3 is 2.67 bits per heavy atom. The predicted octanol–water partition coefficient (Wildman–Crippen LogP) is 0.0920. The van der Waals surface area contributed by atoms with Crippen molar-refractivity contribution in [2.45, 2.75) is 24.4 Å². The summed E-state index contributed by atoms with van der Waals surface area (Å²) in [7, 11) is -7.21. The predicted molar refractivity (Wildman–Crippen MR) is 76.3 cm³/mol. The van der Waals surface area contributed by atoms with E-state index in [0.717, 1.165) is 16.4 Å². The minimum Gasteiger partial charge on any atom is -0.326 e. The summed E-state index contributed by atoms with van der Waals surface area (Å²) in [4.78, 5) is -0.198. The van der Waals surface area contributed by atoms with Gasteiger partial charge in [0.2, 0.25) is 10.0 Å². The first-order valence-electron chi connectivity index (χ1n) is 6.38. The number of sulfone groups is 1. The zero-order valence-electron chi connectivity index (χ0n) is 11.5. The molecule has 6 nitrogen and oxygen atoms in total. The van der Waals surface area contributed by atoms with Crippen molar-refractivity contribution in [3.63, 3.8) is 0 Å². The molecule has 1 aromatic carbocycles. The van der Waals surface area contributed by atoms with Crippen molar-refractivity contribution in [3.8, 4) is 0 Å². The van der Waals surface area contributed by atoms with Gasteiger partial charge in [0.05, 0.1) is 16.4 Å². The third kappa shape index (κ3) is 3.25. The molecule has 2 rings (SSSR count). The molecule has 1 aliphatic heterocycles. The van der Waals surface area contributed by atoms with Crippen LogP contribution in [0.25, 0.3) is 0 Å². The zero-order chi connectivity index (χ0) is 15.8. The van der Waals surface area contributed by atoms with Crippen LogP contribution in [0.3, 0.4) is 0 Å². The second-order valence-corrected chi connectivity index (χ2v) is 9.12. The van der Waals surface area contributed by atoms with Crippen LogP contribution in [0, 0.1) is 5.82 Å². The molecule has 0 aliphatic carbocycles. The van der Waals surface area contributed by atoms with Gasteiger partial charge < -0.3 is 5.73 Å². The van der Waals surface area contributed by atoms with Gasteiger partial charge in [-0.15, -0.1) is 0 Å². The van der Waals surface area contributed by atoms with E-state index in [-0.39, 0.29) is 29.5 Å². The lowest BCUT2D eigenvalue weighted by atomic mass is 10.2. The maximum absolute atomic E-state index is 13.4. The van der Waals surface area contributed by atoms with E-state index in [0.29, 0.717) is 5.56 Å². The topological polar surface area (TPSA) is 97.5 Å². The Balaban J connectivity index is 2.46. The molecule has 1 heterocycles. The van der Waals surface area contributed by atoms with E-state index in [2.05, 4.69) is 0 Å². The van der Waals surface area contributed by atoms with E-state index in [4.69, 9.17) is 5.73 Å². The minimum absolute atomic E-state index is 0.0463. The monoisotopic (exact) mass is 336 g/mol. The number of benzene rings is 1. The van der Waals surface area contributed by atoms with Crippen LogP contribution in [0.2, 0.25) is 0 Å². The van der Waals surface area contributed by atoms with Crippen LogP contribution in [0.15, 0.2) is 23.1 Å². The molecule has 21 heavy (non-hydrogen) atoms. The fourth-order valence-electron chi connectivity index (χ4n) is 2.40. The molecule has 2 N–H and O–H groups in total. The molecule has 1 aliphatic rings. The Kier molecular flexibility index (Phi) is 4.39. The van der Waals surface area contributed by atoms with Gasteiger partial charge in [0.15, 0.2) is 9.84 Å². The van der Waals surface area contributed by atoms with E-state index in [1.165, 1.54) is 13.0 Å². The average Bonchev–Trinajstić information content (AvgIpc) is 2.37. The van der Waals surface area contributed by atoms with E-state index >= 15 is 0 Å². The Morgan fingerprint density at radius 1 is 1.43 bits per heavy atom. The Labute approximate surface area is 123 Å². The summed E-state index contributed by atoms with van der Waals surface area (Å²) in [6, 6.07) is 2.70. The summed E-state index contributed by atoms with van der Waals surface area (Å²) >= 11 is 0. The van der Waals surface area contributed by atoms with Gasteiger partial charge in [-0.3, -0.25) is 0 Å². The fraction of sp³-hybridized carbons (Fsp3) is 0.500. The van der Waals surface area contributed by atoms with Gasteiger partial charge in [-0.05, 0) is 24.6 Å². The first-order valence-corrected chi connectivity index (χ1v) is 9.64. The van der Waals surface area contributed by atoms with Crippen molar-refractivity contribution in [2.24, 2.45) is 5.73 Å². The quantitative estimate of drug-likeness (QED) is 0.844. The van der Waals surface area contributed by atoms with Crippen molar-refractivity contribution in [1.29, 1.82) is 0 Å². The van der Waals surface area contributed by atoms with Crippen LogP contribution in [0.5, 0.6) is 0 Å². The summed E-state index contributed by atoms with van der Waals surface area (Å²) in [5, 5.41) is 0. The second-order valence-electron chi connectivity index (χ2n) is 5.04. The third-order valence-electron chi connectivity index (χ3n) is 3.45. The normalized spacial score (nSPS) is 23.1. The third-order valence-corrected chi connectivity index (χ3v) is 7.34. The molecular weight excluding hydrogens is 319 g/mol. The summed E-state index contributed by atoms with van der Waals surface area (Å²) in [6.45, 7) is 1.34. The van der Waals surface area contributed by atoms with Crippen molar-refractivity contribution in [2.75, 3.05) is 18.1 Å². The molecule has 1 aromatic rings. The fourth-order valence-corrected chi connectivity index (χ4v) is 6.05. The van der Waals surface area contributed by atoms with Crippen molar-refractivity contribution >= 4 is 19.9 Å². The van der Waals surface area contributed by atoms with Crippen molar-refractivity contribution < 1.29 is 21.2 Å². The first-order chi connectivity index (χ1) is 9.67. The highest BCUT2D eigenvalue weighted by atomic mass is 32.2. The maximum atomic E-state index is 13.4. The van der Waals surface area contributed by atoms with Crippen LogP contribution in [-0.4, -0.2) is 45.2 Å². The van der Waals surface area contributed by atoms with Gasteiger partial charge in [-0.25, -0.2) is 21.2 Å². The molecule has 0 spiro atoms. The second kappa shape index (κ2) is 5.64. The van der Waals surface area contributed by atoms with Crippen molar-refractivity contribution in [1.82, 2.24) is 4.31 Å². The highest BCUT2D eigenvalue weighted by molar-refractivity contribution is 7.92. The summed E-state index contributed by atoms with van der Waals surface area (Å²) in [5.41, 5.74) is 5.81. The molecule has 1 unspecified atom stereocenters. The molecule has 0 radical (unpaired) electrons. The smallest absolute Gasteiger partial charge is 0.243 e. The average molecular weight is 336 g/mol.